The molecule has 184 valence electrons. The number of carbonyl (C=O) groups excluding carboxylic acids is 1. The number of halogens is 1. The highest BCUT2D eigenvalue weighted by Crippen LogP contribution is 2.56. The van der Waals surface area contributed by atoms with Crippen LogP contribution in [0.25, 0.3) is 0 Å². The number of nitrogens with zero attached hydrogens (tertiary/aromatic N) is 2. The van der Waals surface area contributed by atoms with Crippen molar-refractivity contribution in [2.75, 3.05) is 19.1 Å². The molecule has 0 unspecified atom stereocenters. The van der Waals surface area contributed by atoms with Gasteiger partial charge in [0.15, 0.2) is 0 Å². The zero-order chi connectivity index (χ0) is 25.3. The molecule has 0 radical (unpaired) electrons. The topological polar surface area (TPSA) is 77.2 Å². The van der Waals surface area contributed by atoms with Crippen LogP contribution < -0.4 is 20.1 Å². The van der Waals surface area contributed by atoms with E-state index in [2.05, 4.69) is 28.7 Å². The Morgan fingerprint density at radius 1 is 1.08 bits per heavy atom. The van der Waals surface area contributed by atoms with E-state index in [-0.39, 0.29) is 5.91 Å². The number of allylic oxidation sites excluding steroid dienone is 1. The average molecular weight is 593 g/mol. The lowest BCUT2D eigenvalue weighted by Gasteiger charge is -2.37. The second kappa shape index (κ2) is 9.97. The van der Waals surface area contributed by atoms with E-state index in [1.807, 2.05) is 59.5 Å². The van der Waals surface area contributed by atoms with Crippen molar-refractivity contribution in [1.29, 1.82) is 0 Å². The fraction of sp³-hybridized carbons (Fsp3) is 0.241. The summed E-state index contributed by atoms with van der Waals surface area (Å²) in [5, 5.41) is 0. The normalized spacial score (nSPS) is 16.4. The maximum absolute atomic E-state index is 13.9. The molecule has 0 saturated heterocycles. The van der Waals surface area contributed by atoms with Gasteiger partial charge in [-0.15, -0.1) is 0 Å². The number of fused-ring (bicyclic) bond motifs is 2. The van der Waals surface area contributed by atoms with Gasteiger partial charge in [0, 0.05) is 9.13 Å². The third-order valence-corrected chi connectivity index (χ3v) is 7.79. The first-order chi connectivity index (χ1) is 17.5. The predicted octanol–water partition coefficient (Wildman–Crippen LogP) is 5.87. The van der Waals surface area contributed by atoms with Gasteiger partial charge in [0.2, 0.25) is 5.91 Å². The number of aliphatic imine (C=N–C) groups is 1. The number of nitrogens with two attached hydrogens (primary N) is 1. The van der Waals surface area contributed by atoms with Gasteiger partial charge in [-0.1, -0.05) is 18.6 Å². The largest absolute Gasteiger partial charge is 0.497 e. The Kier molecular flexibility index (Phi) is 6.75. The lowest BCUT2D eigenvalue weighted by molar-refractivity contribution is -0.126. The summed E-state index contributed by atoms with van der Waals surface area (Å²) in [5.74, 6) is 1.59. The van der Waals surface area contributed by atoms with Crippen LogP contribution in [-0.4, -0.2) is 25.8 Å². The van der Waals surface area contributed by atoms with Gasteiger partial charge in [0.25, 0.3) is 0 Å². The van der Waals surface area contributed by atoms with E-state index in [0.717, 1.165) is 62.4 Å². The van der Waals surface area contributed by atoms with E-state index >= 15 is 0 Å². The quantitative estimate of drug-likeness (QED) is 0.275. The van der Waals surface area contributed by atoms with Crippen LogP contribution >= 0.6 is 22.6 Å². The summed E-state index contributed by atoms with van der Waals surface area (Å²) in [6.45, 7) is 0.472. The van der Waals surface area contributed by atoms with Crippen molar-refractivity contribution in [3.63, 3.8) is 0 Å². The molecule has 1 spiro atoms. The van der Waals surface area contributed by atoms with Crippen molar-refractivity contribution in [3.8, 4) is 11.5 Å². The maximum Gasteiger partial charge on any atom is 0.238 e. The Hall–Kier alpha value is -3.33. The van der Waals surface area contributed by atoms with E-state index in [4.69, 9.17) is 20.2 Å². The van der Waals surface area contributed by atoms with Crippen LogP contribution in [0, 0.1) is 3.57 Å². The highest BCUT2D eigenvalue weighted by molar-refractivity contribution is 14.1. The van der Waals surface area contributed by atoms with Crippen molar-refractivity contribution < 1.29 is 14.3 Å². The van der Waals surface area contributed by atoms with E-state index < -0.39 is 5.41 Å². The molecule has 3 aromatic carbocycles. The molecule has 1 fully saturated rings. The molecular formula is C29H28IN3O3. The molecule has 0 aromatic heterocycles. The van der Waals surface area contributed by atoms with Gasteiger partial charge in [-0.2, -0.15) is 0 Å². The summed E-state index contributed by atoms with van der Waals surface area (Å²) in [6.07, 6.45) is 5.98. The molecule has 2 aliphatic rings. The summed E-state index contributed by atoms with van der Waals surface area (Å²) in [5.41, 5.74) is 10.6. The number of benzene rings is 3. The van der Waals surface area contributed by atoms with E-state index in [1.165, 1.54) is 6.20 Å². The molecule has 1 heterocycles. The zero-order valence-electron chi connectivity index (χ0n) is 20.3. The van der Waals surface area contributed by atoms with E-state index in [1.54, 1.807) is 20.3 Å². The minimum Gasteiger partial charge on any atom is -0.497 e. The first-order valence-corrected chi connectivity index (χ1v) is 13.0. The average Bonchev–Trinajstić information content (AvgIpc) is 3.12. The number of rotatable bonds is 7. The number of hydrogen-bond donors (Lipinski definition) is 1. The summed E-state index contributed by atoms with van der Waals surface area (Å²) < 4.78 is 12.3. The maximum atomic E-state index is 13.9. The number of ether oxygens (including phenoxy) is 2. The molecule has 7 heteroatoms. The minimum absolute atomic E-state index is 0.139. The second-order valence-corrected chi connectivity index (χ2v) is 10.3. The lowest BCUT2D eigenvalue weighted by Crippen LogP contribution is -2.44. The fourth-order valence-corrected chi connectivity index (χ4v) is 5.41. The fourth-order valence-electron chi connectivity index (χ4n) is 5.05. The van der Waals surface area contributed by atoms with Gasteiger partial charge in [-0.3, -0.25) is 4.79 Å². The van der Waals surface area contributed by atoms with Crippen LogP contribution in [0.4, 0.5) is 11.4 Å². The summed E-state index contributed by atoms with van der Waals surface area (Å²) in [6, 6.07) is 19.9. The van der Waals surface area contributed by atoms with Crippen LogP contribution in [0.1, 0.15) is 36.0 Å². The third kappa shape index (κ3) is 4.25. The molecule has 5 rings (SSSR count). The van der Waals surface area contributed by atoms with Crippen LogP contribution in [-0.2, 0) is 16.8 Å². The van der Waals surface area contributed by atoms with Crippen LogP contribution in [0.15, 0.2) is 77.9 Å². The Bertz CT molecular complexity index is 1340. The molecule has 1 amide bonds. The SMILES string of the molecule is COc1ccc(CN2C(=O)C3(CCC3)c3cc(C(C=CN)=Nc4ccc(I)cc4)cc(OC)c32)cc1. The molecule has 6 nitrogen and oxygen atoms in total. The molecule has 1 saturated carbocycles. The van der Waals surface area contributed by atoms with Crippen molar-refractivity contribution in [1.82, 2.24) is 0 Å². The second-order valence-electron chi connectivity index (χ2n) is 9.08. The number of hydrogen-bond acceptors (Lipinski definition) is 5. The Morgan fingerprint density at radius 3 is 2.39 bits per heavy atom. The zero-order valence-corrected chi connectivity index (χ0v) is 22.5. The predicted molar refractivity (Wildman–Crippen MR) is 151 cm³/mol. The Balaban J connectivity index is 1.61. The van der Waals surface area contributed by atoms with Gasteiger partial charge in [0.05, 0.1) is 43.3 Å². The summed E-state index contributed by atoms with van der Waals surface area (Å²) in [4.78, 5) is 20.6. The number of methoxy groups -OCH3 is 2. The van der Waals surface area contributed by atoms with Crippen molar-refractivity contribution in [3.05, 3.63) is 93.2 Å². The number of anilines is 1. The summed E-state index contributed by atoms with van der Waals surface area (Å²) in [7, 11) is 3.30. The molecule has 0 bridgehead atoms. The molecular weight excluding hydrogens is 565 g/mol. The molecule has 36 heavy (non-hydrogen) atoms. The standard InChI is InChI=1S/C29H28IN3O3/c1-35-23-10-4-19(5-11-23)18-33-27-24(29(28(33)34)13-3-14-29)16-20(17-26(27)36-2)25(12-15-31)32-22-8-6-21(30)7-9-22/h4-12,15-17H,3,13-14,18,31H2,1-2H3. The lowest BCUT2D eigenvalue weighted by atomic mass is 9.65. The van der Waals surface area contributed by atoms with E-state index in [9.17, 15) is 4.79 Å². The van der Waals surface area contributed by atoms with Gasteiger partial charge in [-0.05, 0) is 107 Å². The van der Waals surface area contributed by atoms with Crippen molar-refractivity contribution >= 4 is 45.6 Å². The number of carbonyl (C=O) groups is 1. The Labute approximate surface area is 225 Å². The number of amides is 1. The van der Waals surface area contributed by atoms with E-state index in [0.29, 0.717) is 12.3 Å². The van der Waals surface area contributed by atoms with Crippen LogP contribution in [0.3, 0.4) is 0 Å². The van der Waals surface area contributed by atoms with Gasteiger partial charge >= 0.3 is 0 Å². The molecule has 1 aliphatic heterocycles. The monoisotopic (exact) mass is 593 g/mol. The minimum atomic E-state index is -0.508. The Morgan fingerprint density at radius 2 is 1.81 bits per heavy atom. The first kappa shape index (κ1) is 24.4. The third-order valence-electron chi connectivity index (χ3n) is 7.07. The molecule has 3 aromatic rings. The first-order valence-electron chi connectivity index (χ1n) is 11.9. The molecule has 2 N–H and O–H groups in total. The van der Waals surface area contributed by atoms with Crippen LogP contribution in [0.5, 0.6) is 11.5 Å². The highest BCUT2D eigenvalue weighted by atomic mass is 127. The van der Waals surface area contributed by atoms with Gasteiger partial charge in [0.1, 0.15) is 11.5 Å². The molecule has 1 aliphatic carbocycles. The van der Waals surface area contributed by atoms with Gasteiger partial charge < -0.3 is 20.1 Å². The van der Waals surface area contributed by atoms with Crippen LogP contribution in [0.2, 0.25) is 0 Å². The summed E-state index contributed by atoms with van der Waals surface area (Å²) >= 11 is 2.27. The highest BCUT2D eigenvalue weighted by Gasteiger charge is 2.55. The molecule has 0 atom stereocenters. The van der Waals surface area contributed by atoms with Gasteiger partial charge in [-0.25, -0.2) is 4.99 Å². The van der Waals surface area contributed by atoms with Crippen molar-refractivity contribution in [2.45, 2.75) is 31.2 Å². The smallest absolute Gasteiger partial charge is 0.238 e. The van der Waals surface area contributed by atoms with Crippen molar-refractivity contribution in [2.24, 2.45) is 10.7 Å².